The molecule has 1 nitrogen and oxygen atoms in total. The molecule has 0 amide bonds. The van der Waals surface area contributed by atoms with E-state index < -0.39 is 0 Å². The topological polar surface area (TPSA) is 3.24 Å². The van der Waals surface area contributed by atoms with Crippen molar-refractivity contribution in [2.24, 2.45) is 11.8 Å². The Morgan fingerprint density at radius 1 is 0.545 bits per heavy atom. The summed E-state index contributed by atoms with van der Waals surface area (Å²) in [6.07, 6.45) is 27.1. The minimum absolute atomic E-state index is 0.870. The van der Waals surface area contributed by atoms with Gasteiger partial charge in [-0.1, -0.05) is 148 Å². The van der Waals surface area contributed by atoms with Crippen molar-refractivity contribution in [3.63, 3.8) is 0 Å². The van der Waals surface area contributed by atoms with Gasteiger partial charge in [0.2, 0.25) is 0 Å². The molecule has 0 saturated heterocycles. The number of unbranched alkanes of at least 4 members (excludes halogenated alkanes) is 12. The van der Waals surface area contributed by atoms with E-state index >= 15 is 0 Å². The molecule has 1 rings (SSSR count). The van der Waals surface area contributed by atoms with Crippen molar-refractivity contribution in [1.82, 2.24) is 4.90 Å². The Labute approximate surface area is 208 Å². The van der Waals surface area contributed by atoms with Crippen molar-refractivity contribution in [2.45, 2.75) is 130 Å². The van der Waals surface area contributed by atoms with E-state index in [2.05, 4.69) is 75.2 Å². The number of rotatable bonds is 22. The summed E-state index contributed by atoms with van der Waals surface area (Å²) in [5.41, 5.74) is 1.31. The summed E-state index contributed by atoms with van der Waals surface area (Å²) >= 11 is 0. The first-order valence-electron chi connectivity index (χ1n) is 14.5. The minimum Gasteiger partial charge on any atom is -0.377 e. The predicted octanol–water partition coefficient (Wildman–Crippen LogP) is 10.5. The monoisotopic (exact) mass is 455 g/mol. The van der Waals surface area contributed by atoms with Crippen LogP contribution >= 0.6 is 0 Å². The predicted molar refractivity (Wildman–Crippen MR) is 151 cm³/mol. The first-order chi connectivity index (χ1) is 16.1. The molecular weight excluding hydrogens is 398 g/mol. The van der Waals surface area contributed by atoms with Crippen LogP contribution < -0.4 is 0 Å². The van der Waals surface area contributed by atoms with Gasteiger partial charge in [0.05, 0.1) is 0 Å². The zero-order chi connectivity index (χ0) is 24.0. The van der Waals surface area contributed by atoms with Crippen LogP contribution in [0.3, 0.4) is 0 Å². The highest BCUT2D eigenvalue weighted by molar-refractivity contribution is 5.48. The third-order valence-corrected chi connectivity index (χ3v) is 6.73. The summed E-state index contributed by atoms with van der Waals surface area (Å²) in [4.78, 5) is 2.58. The van der Waals surface area contributed by atoms with Gasteiger partial charge in [-0.25, -0.2) is 0 Å². The van der Waals surface area contributed by atoms with Gasteiger partial charge in [-0.3, -0.25) is 0 Å². The second-order valence-corrected chi connectivity index (χ2v) is 11.1. The van der Waals surface area contributed by atoms with Gasteiger partial charge in [0.15, 0.2) is 0 Å². The van der Waals surface area contributed by atoms with Crippen LogP contribution in [0.4, 0.5) is 0 Å². The molecule has 0 atom stereocenters. The number of hydrogen-bond acceptors (Lipinski definition) is 1. The van der Waals surface area contributed by atoms with Gasteiger partial charge in [0.1, 0.15) is 0 Å². The third-order valence-electron chi connectivity index (χ3n) is 6.73. The molecule has 0 N–H and O–H groups in total. The maximum atomic E-state index is 2.58. The van der Waals surface area contributed by atoms with Crippen LogP contribution in [-0.2, 0) is 0 Å². The van der Waals surface area contributed by atoms with Crippen LogP contribution in [0.15, 0.2) is 36.5 Å². The number of hydrogen-bond donors (Lipinski definition) is 0. The van der Waals surface area contributed by atoms with Crippen LogP contribution in [0.25, 0.3) is 6.08 Å². The van der Waals surface area contributed by atoms with E-state index in [1.54, 1.807) is 0 Å². The average molecular weight is 456 g/mol. The Bertz CT molecular complexity index is 519. The van der Waals surface area contributed by atoms with E-state index in [0.29, 0.717) is 0 Å². The van der Waals surface area contributed by atoms with Crippen LogP contribution in [0, 0.1) is 11.8 Å². The second-order valence-electron chi connectivity index (χ2n) is 11.1. The SMILES string of the molecule is CC(C)CCCCCCCCCN(C=Cc1ccccc1)CCCCCCCCCC(C)C. The Morgan fingerprint density at radius 2 is 0.939 bits per heavy atom. The molecule has 0 bridgehead atoms. The molecule has 0 heterocycles. The van der Waals surface area contributed by atoms with Crippen LogP contribution in [0.1, 0.15) is 136 Å². The van der Waals surface area contributed by atoms with E-state index in [1.165, 1.54) is 121 Å². The van der Waals surface area contributed by atoms with Crippen molar-refractivity contribution in [3.8, 4) is 0 Å². The molecule has 0 aromatic heterocycles. The number of benzene rings is 1. The van der Waals surface area contributed by atoms with Crippen LogP contribution in [-0.4, -0.2) is 18.0 Å². The largest absolute Gasteiger partial charge is 0.377 e. The second kappa shape index (κ2) is 21.3. The smallest absolute Gasteiger partial charge is 0.0172 e. The standard InChI is InChI=1S/C32H57N/c1-30(2)22-16-11-7-5-9-13-20-27-33(29-26-32-24-18-15-19-25-32)28-21-14-10-6-8-12-17-23-31(3)4/h15,18-19,24-26,29-31H,5-14,16-17,20-23,27-28H2,1-4H3. The molecule has 190 valence electrons. The van der Waals surface area contributed by atoms with Gasteiger partial charge in [0.25, 0.3) is 0 Å². The molecule has 1 heteroatoms. The molecule has 0 fully saturated rings. The molecule has 0 unspecified atom stereocenters. The van der Waals surface area contributed by atoms with E-state index in [4.69, 9.17) is 0 Å². The maximum Gasteiger partial charge on any atom is 0.0172 e. The molecular formula is C32H57N. The van der Waals surface area contributed by atoms with Crippen molar-refractivity contribution in [3.05, 3.63) is 42.1 Å². The lowest BCUT2D eigenvalue weighted by Crippen LogP contribution is -2.20. The lowest BCUT2D eigenvalue weighted by atomic mass is 10.0. The summed E-state index contributed by atoms with van der Waals surface area (Å²) in [5, 5.41) is 0. The lowest BCUT2D eigenvalue weighted by molar-refractivity contribution is 0.350. The van der Waals surface area contributed by atoms with E-state index in [9.17, 15) is 0 Å². The zero-order valence-electron chi connectivity index (χ0n) is 22.9. The minimum atomic E-state index is 0.870. The molecule has 1 aromatic rings. The van der Waals surface area contributed by atoms with Crippen molar-refractivity contribution in [2.75, 3.05) is 13.1 Å². The molecule has 0 aliphatic heterocycles. The van der Waals surface area contributed by atoms with Crippen LogP contribution in [0.2, 0.25) is 0 Å². The molecule has 0 saturated carbocycles. The summed E-state index contributed by atoms with van der Waals surface area (Å²) in [7, 11) is 0. The van der Waals surface area contributed by atoms with E-state index in [1.807, 2.05) is 0 Å². The highest BCUT2D eigenvalue weighted by Crippen LogP contribution is 2.14. The average Bonchev–Trinajstić information content (AvgIpc) is 2.80. The van der Waals surface area contributed by atoms with E-state index in [-0.39, 0.29) is 0 Å². The van der Waals surface area contributed by atoms with Gasteiger partial charge >= 0.3 is 0 Å². The van der Waals surface area contributed by atoms with Gasteiger partial charge in [-0.2, -0.15) is 0 Å². The lowest BCUT2D eigenvalue weighted by Gasteiger charge is -2.20. The Hall–Kier alpha value is -1.24. The van der Waals surface area contributed by atoms with Crippen LogP contribution in [0.5, 0.6) is 0 Å². The van der Waals surface area contributed by atoms with Gasteiger partial charge in [0, 0.05) is 13.1 Å². The fourth-order valence-electron chi connectivity index (χ4n) is 4.52. The molecule has 0 aliphatic carbocycles. The fraction of sp³-hybridized carbons (Fsp3) is 0.750. The first-order valence-corrected chi connectivity index (χ1v) is 14.5. The highest BCUT2D eigenvalue weighted by Gasteiger charge is 2.01. The van der Waals surface area contributed by atoms with Crippen molar-refractivity contribution >= 4 is 6.08 Å². The Morgan fingerprint density at radius 3 is 1.36 bits per heavy atom. The summed E-state index contributed by atoms with van der Waals surface area (Å²) in [5.74, 6) is 1.74. The summed E-state index contributed by atoms with van der Waals surface area (Å²) in [6, 6.07) is 10.8. The molecule has 1 aromatic carbocycles. The number of nitrogens with zero attached hydrogens (tertiary/aromatic N) is 1. The summed E-state index contributed by atoms with van der Waals surface area (Å²) < 4.78 is 0. The zero-order valence-corrected chi connectivity index (χ0v) is 22.9. The summed E-state index contributed by atoms with van der Waals surface area (Å²) in [6.45, 7) is 11.8. The van der Waals surface area contributed by atoms with Gasteiger partial charge in [-0.15, -0.1) is 0 Å². The fourth-order valence-corrected chi connectivity index (χ4v) is 4.52. The van der Waals surface area contributed by atoms with Gasteiger partial charge in [-0.05, 0) is 42.5 Å². The molecule has 33 heavy (non-hydrogen) atoms. The normalized spacial score (nSPS) is 11.8. The van der Waals surface area contributed by atoms with E-state index in [0.717, 1.165) is 11.8 Å². The quantitative estimate of drug-likeness (QED) is 0.157. The van der Waals surface area contributed by atoms with Gasteiger partial charge < -0.3 is 4.90 Å². The molecule has 0 spiro atoms. The molecule has 0 radical (unpaired) electrons. The van der Waals surface area contributed by atoms with Crippen molar-refractivity contribution < 1.29 is 0 Å². The third kappa shape index (κ3) is 19.9. The highest BCUT2D eigenvalue weighted by atomic mass is 15.1. The maximum absolute atomic E-state index is 2.58. The van der Waals surface area contributed by atoms with Crippen molar-refractivity contribution in [1.29, 1.82) is 0 Å². The Balaban J connectivity index is 2.19. The Kier molecular flexibility index (Phi) is 19.2. The molecule has 0 aliphatic rings. The first kappa shape index (κ1) is 29.8.